The molecule has 6 rings (SSSR count). The second-order valence-electron chi connectivity index (χ2n) is 11.7. The lowest BCUT2D eigenvalue weighted by atomic mass is 10.0. The number of aromatic nitrogens is 2. The molecule has 0 bridgehead atoms. The van der Waals surface area contributed by atoms with E-state index in [1.54, 1.807) is 58.3 Å². The molecule has 0 unspecified atom stereocenters. The summed E-state index contributed by atoms with van der Waals surface area (Å²) in [7, 11) is 0. The summed E-state index contributed by atoms with van der Waals surface area (Å²) in [5.74, 6) is -0.200. The molecule has 2 aliphatic rings. The molecule has 0 saturated carbocycles. The van der Waals surface area contributed by atoms with Gasteiger partial charge in [-0.3, -0.25) is 9.59 Å². The lowest BCUT2D eigenvalue weighted by molar-refractivity contribution is -0.144. The Kier molecular flexibility index (Phi) is 11.9. The van der Waals surface area contributed by atoms with Gasteiger partial charge in [0.05, 0.1) is 36.8 Å². The second kappa shape index (κ2) is 16.3. The Morgan fingerprint density at radius 1 is 0.673 bits per heavy atom. The number of morpholine rings is 2. The molecule has 4 aromatic rings. The minimum atomic E-state index is -4.58. The van der Waals surface area contributed by atoms with Crippen molar-refractivity contribution >= 4 is 11.8 Å². The molecule has 1 N–H and O–H groups in total. The highest BCUT2D eigenvalue weighted by Gasteiger charge is 2.34. The number of nitriles is 1. The SMILES string of the molecule is N#Cc1ccc(C(F)(F)F)nc1-c1ccc(CN2CCOCC2=O)cc1.O=C1COCCN1Cc1ccc(-c2nc(C(F)(F)F)ccc2CO)cc1. The normalized spacial score (nSPS) is 15.2. The fraction of sp³-hybridized carbons (Fsp3) is 0.306. The third-order valence-electron chi connectivity index (χ3n) is 8.11. The molecule has 16 heteroatoms. The average molecular weight is 728 g/mol. The Bertz CT molecular complexity index is 1930. The van der Waals surface area contributed by atoms with Crippen LogP contribution in [-0.2, 0) is 51.1 Å². The maximum Gasteiger partial charge on any atom is 0.433 e. The van der Waals surface area contributed by atoms with Crippen LogP contribution >= 0.6 is 0 Å². The number of hydrogen-bond acceptors (Lipinski definition) is 8. The number of aliphatic hydroxyl groups is 1. The molecule has 0 aliphatic carbocycles. The van der Waals surface area contributed by atoms with Crippen LogP contribution in [0.3, 0.4) is 0 Å². The Morgan fingerprint density at radius 3 is 1.54 bits per heavy atom. The first kappa shape index (κ1) is 37.9. The van der Waals surface area contributed by atoms with Crippen LogP contribution in [0.25, 0.3) is 22.5 Å². The van der Waals surface area contributed by atoms with Crippen molar-refractivity contribution in [3.63, 3.8) is 0 Å². The van der Waals surface area contributed by atoms with Crippen LogP contribution in [0.2, 0.25) is 0 Å². The van der Waals surface area contributed by atoms with Gasteiger partial charge in [-0.05, 0) is 29.3 Å². The van der Waals surface area contributed by atoms with E-state index >= 15 is 0 Å². The number of alkyl halides is 6. The van der Waals surface area contributed by atoms with E-state index in [1.165, 1.54) is 6.07 Å². The number of amides is 2. The highest BCUT2D eigenvalue weighted by molar-refractivity contribution is 5.78. The second-order valence-corrected chi connectivity index (χ2v) is 11.7. The van der Waals surface area contributed by atoms with Crippen molar-refractivity contribution in [3.8, 4) is 28.6 Å². The largest absolute Gasteiger partial charge is 0.433 e. The smallest absolute Gasteiger partial charge is 0.392 e. The van der Waals surface area contributed by atoms with Gasteiger partial charge in [-0.1, -0.05) is 54.6 Å². The van der Waals surface area contributed by atoms with E-state index < -0.39 is 30.3 Å². The first-order valence-electron chi connectivity index (χ1n) is 15.8. The maximum atomic E-state index is 12.9. The van der Waals surface area contributed by atoms with Gasteiger partial charge in [-0.25, -0.2) is 9.97 Å². The quantitative estimate of drug-likeness (QED) is 0.243. The number of ether oxygens (including phenoxy) is 2. The van der Waals surface area contributed by atoms with Crippen LogP contribution in [0, 0.1) is 11.3 Å². The Balaban J connectivity index is 0.000000201. The summed E-state index contributed by atoms with van der Waals surface area (Å²) in [6.45, 7) is 2.46. The van der Waals surface area contributed by atoms with Gasteiger partial charge in [-0.2, -0.15) is 31.6 Å². The third kappa shape index (κ3) is 9.49. The third-order valence-corrected chi connectivity index (χ3v) is 8.11. The number of carbonyl (C=O) groups is 2. The van der Waals surface area contributed by atoms with E-state index in [-0.39, 0.29) is 42.0 Å². The fourth-order valence-electron chi connectivity index (χ4n) is 5.36. The zero-order valence-electron chi connectivity index (χ0n) is 27.4. The van der Waals surface area contributed by atoms with Crippen molar-refractivity contribution in [2.24, 2.45) is 0 Å². The van der Waals surface area contributed by atoms with E-state index in [1.807, 2.05) is 6.07 Å². The number of halogens is 6. The summed E-state index contributed by atoms with van der Waals surface area (Å²) in [6.07, 6.45) is -9.14. The molecule has 2 aromatic heterocycles. The highest BCUT2D eigenvalue weighted by atomic mass is 19.4. The van der Waals surface area contributed by atoms with Gasteiger partial charge in [0.25, 0.3) is 0 Å². The van der Waals surface area contributed by atoms with Crippen molar-refractivity contribution in [1.29, 1.82) is 5.26 Å². The van der Waals surface area contributed by atoms with Crippen molar-refractivity contribution in [2.75, 3.05) is 39.5 Å². The maximum absolute atomic E-state index is 12.9. The van der Waals surface area contributed by atoms with E-state index in [2.05, 4.69) is 9.97 Å². The van der Waals surface area contributed by atoms with Crippen LogP contribution in [-0.4, -0.2) is 76.2 Å². The van der Waals surface area contributed by atoms with E-state index in [0.717, 1.165) is 29.3 Å². The molecule has 52 heavy (non-hydrogen) atoms. The monoisotopic (exact) mass is 727 g/mol. The molecular formula is C36H31F6N5O5. The van der Waals surface area contributed by atoms with Gasteiger partial charge in [0.2, 0.25) is 11.8 Å². The summed E-state index contributed by atoms with van der Waals surface area (Å²) in [5, 5.41) is 18.5. The molecule has 10 nitrogen and oxygen atoms in total. The van der Waals surface area contributed by atoms with E-state index in [4.69, 9.17) is 14.7 Å². The predicted octanol–water partition coefficient (Wildman–Crippen LogP) is 5.62. The Hall–Kier alpha value is -5.37. The number of hydrogen-bond donors (Lipinski definition) is 1. The molecular weight excluding hydrogens is 696 g/mol. The number of rotatable bonds is 7. The van der Waals surface area contributed by atoms with Crippen molar-refractivity contribution in [2.45, 2.75) is 32.0 Å². The zero-order chi connectivity index (χ0) is 37.5. The number of aliphatic hydroxyl groups excluding tert-OH is 1. The molecule has 2 aromatic carbocycles. The van der Waals surface area contributed by atoms with Crippen LogP contribution in [0.1, 0.15) is 33.6 Å². The van der Waals surface area contributed by atoms with Crippen LogP contribution in [0.5, 0.6) is 0 Å². The topological polar surface area (TPSA) is 129 Å². The highest BCUT2D eigenvalue weighted by Crippen LogP contribution is 2.33. The molecule has 0 radical (unpaired) electrons. The zero-order valence-corrected chi connectivity index (χ0v) is 27.4. The minimum absolute atomic E-state index is 0.0173. The summed E-state index contributed by atoms with van der Waals surface area (Å²) in [5.41, 5.74) is 0.955. The molecule has 4 heterocycles. The van der Waals surface area contributed by atoms with Crippen molar-refractivity contribution in [1.82, 2.24) is 19.8 Å². The van der Waals surface area contributed by atoms with Gasteiger partial charge < -0.3 is 24.4 Å². The molecule has 272 valence electrons. The summed E-state index contributed by atoms with van der Waals surface area (Å²) < 4.78 is 87.5. The summed E-state index contributed by atoms with van der Waals surface area (Å²) >= 11 is 0. The van der Waals surface area contributed by atoms with Gasteiger partial charge in [-0.15, -0.1) is 0 Å². The van der Waals surface area contributed by atoms with Crippen molar-refractivity contribution in [3.05, 3.63) is 106 Å². The van der Waals surface area contributed by atoms with Gasteiger partial charge >= 0.3 is 12.4 Å². The molecule has 2 aliphatic heterocycles. The van der Waals surface area contributed by atoms with Crippen LogP contribution < -0.4 is 0 Å². The Labute approximate surface area is 293 Å². The standard InChI is InChI=1S/C18H14F3N3O2.C18H17F3N2O3/c19-18(20,21)15-6-5-14(9-22)17(23-15)13-3-1-12(2-4-13)10-24-7-8-26-11-16(24)25;19-18(20,21)15-6-5-14(10-24)17(22-15)13-3-1-12(2-4-13)9-23-7-8-26-11-16(23)25/h1-6H,7-8,10-11H2;1-6,24H,7-11H2. The van der Waals surface area contributed by atoms with Crippen LogP contribution in [0.15, 0.2) is 72.8 Å². The summed E-state index contributed by atoms with van der Waals surface area (Å²) in [4.78, 5) is 34.1. The minimum Gasteiger partial charge on any atom is -0.392 e. The van der Waals surface area contributed by atoms with Gasteiger partial charge in [0, 0.05) is 42.9 Å². The van der Waals surface area contributed by atoms with Crippen molar-refractivity contribution < 1.29 is 50.5 Å². The molecule has 2 saturated heterocycles. The lowest BCUT2D eigenvalue weighted by Gasteiger charge is -2.26. The molecule has 2 amide bonds. The van der Waals surface area contributed by atoms with E-state index in [9.17, 15) is 41.0 Å². The first-order valence-corrected chi connectivity index (χ1v) is 15.8. The van der Waals surface area contributed by atoms with Gasteiger partial charge in [0.1, 0.15) is 30.7 Å². The fourth-order valence-corrected chi connectivity index (χ4v) is 5.36. The average Bonchev–Trinajstić information content (AvgIpc) is 3.13. The molecule has 2 fully saturated rings. The number of benzene rings is 2. The number of nitrogens with zero attached hydrogens (tertiary/aromatic N) is 5. The molecule has 0 atom stereocenters. The number of pyridine rings is 2. The first-order chi connectivity index (χ1) is 24.8. The van der Waals surface area contributed by atoms with Crippen LogP contribution in [0.4, 0.5) is 26.3 Å². The lowest BCUT2D eigenvalue weighted by Crippen LogP contribution is -2.40. The van der Waals surface area contributed by atoms with E-state index in [0.29, 0.717) is 56.1 Å². The Morgan fingerprint density at radius 2 is 1.12 bits per heavy atom. The van der Waals surface area contributed by atoms with Gasteiger partial charge in [0.15, 0.2) is 0 Å². The number of carbonyl (C=O) groups excluding carboxylic acids is 2. The predicted molar refractivity (Wildman–Crippen MR) is 172 cm³/mol. The molecule has 0 spiro atoms. The summed E-state index contributed by atoms with van der Waals surface area (Å²) in [6, 6.07) is 19.2.